The molecule has 0 fully saturated rings. The number of benzene rings is 3. The maximum Gasteiger partial charge on any atom is 0.335 e. The molecule has 1 heterocycles. The zero-order valence-electron chi connectivity index (χ0n) is 16.3. The van der Waals surface area contributed by atoms with E-state index in [4.69, 9.17) is 28.3 Å². The Morgan fingerprint density at radius 1 is 0.968 bits per heavy atom. The minimum Gasteiger partial charge on any atom is -0.478 e. The number of aromatic carboxylic acids is 1. The molecule has 3 aromatic carbocycles. The molecule has 0 atom stereocenters. The molecule has 5 nitrogen and oxygen atoms in total. The molecular formula is C24H18Cl2N2O3. The van der Waals surface area contributed by atoms with E-state index >= 15 is 0 Å². The molecule has 1 amide bonds. The molecule has 0 saturated carbocycles. The minimum atomic E-state index is -1.05. The molecule has 4 rings (SSSR count). The highest BCUT2D eigenvalue weighted by Crippen LogP contribution is 2.23. The zero-order chi connectivity index (χ0) is 22.0. The van der Waals surface area contributed by atoms with Crippen LogP contribution in [-0.4, -0.2) is 21.6 Å². The molecule has 31 heavy (non-hydrogen) atoms. The van der Waals surface area contributed by atoms with Gasteiger partial charge in [0.25, 0.3) is 5.91 Å². The Kier molecular flexibility index (Phi) is 5.98. The van der Waals surface area contributed by atoms with E-state index in [-0.39, 0.29) is 18.0 Å². The summed E-state index contributed by atoms with van der Waals surface area (Å²) >= 11 is 12.2. The summed E-state index contributed by atoms with van der Waals surface area (Å²) in [5.41, 5.74) is 3.20. The summed E-state index contributed by atoms with van der Waals surface area (Å²) in [6, 6.07) is 19.6. The molecule has 0 aliphatic carbocycles. The molecule has 0 saturated heterocycles. The lowest BCUT2D eigenvalue weighted by Crippen LogP contribution is -2.23. The van der Waals surface area contributed by atoms with Gasteiger partial charge >= 0.3 is 5.97 Å². The smallest absolute Gasteiger partial charge is 0.335 e. The largest absolute Gasteiger partial charge is 0.478 e. The summed E-state index contributed by atoms with van der Waals surface area (Å²) in [5.74, 6) is -1.29. The predicted molar refractivity (Wildman–Crippen MR) is 122 cm³/mol. The van der Waals surface area contributed by atoms with Crippen LogP contribution in [0.1, 0.15) is 31.8 Å². The Labute approximate surface area is 188 Å². The summed E-state index contributed by atoms with van der Waals surface area (Å²) in [6.45, 7) is 0.791. The Hall–Kier alpha value is -3.28. The molecule has 156 valence electrons. The van der Waals surface area contributed by atoms with E-state index in [1.165, 1.54) is 12.1 Å². The van der Waals surface area contributed by atoms with E-state index in [1.807, 2.05) is 53.2 Å². The first-order valence-electron chi connectivity index (χ1n) is 9.54. The number of rotatable bonds is 6. The van der Waals surface area contributed by atoms with E-state index in [1.54, 1.807) is 12.1 Å². The number of carbonyl (C=O) groups excluding carboxylic acids is 1. The van der Waals surface area contributed by atoms with Gasteiger partial charge in [0, 0.05) is 34.7 Å². The second-order valence-electron chi connectivity index (χ2n) is 7.11. The van der Waals surface area contributed by atoms with Crippen molar-refractivity contribution < 1.29 is 14.7 Å². The lowest BCUT2D eigenvalue weighted by Gasteiger charge is -2.12. The minimum absolute atomic E-state index is 0.102. The topological polar surface area (TPSA) is 71.3 Å². The number of aromatic nitrogens is 1. The molecule has 2 N–H and O–H groups in total. The van der Waals surface area contributed by atoms with Crippen LogP contribution in [0.2, 0.25) is 10.0 Å². The molecule has 0 radical (unpaired) electrons. The third-order valence-corrected chi connectivity index (χ3v) is 5.64. The van der Waals surface area contributed by atoms with Gasteiger partial charge in [-0.05, 0) is 47.5 Å². The second-order valence-corrected chi connectivity index (χ2v) is 7.95. The van der Waals surface area contributed by atoms with Gasteiger partial charge in [0.1, 0.15) is 0 Å². The molecule has 7 heteroatoms. The summed E-state index contributed by atoms with van der Waals surface area (Å²) in [5, 5.41) is 13.9. The second kappa shape index (κ2) is 8.84. The first kappa shape index (κ1) is 21.0. The summed E-state index contributed by atoms with van der Waals surface area (Å²) in [6.07, 6.45) is 1.96. The summed E-state index contributed by atoms with van der Waals surface area (Å²) < 4.78 is 2.03. The van der Waals surface area contributed by atoms with Gasteiger partial charge in [0.05, 0.1) is 16.6 Å². The normalized spacial score (nSPS) is 10.9. The van der Waals surface area contributed by atoms with Crippen molar-refractivity contribution in [2.75, 3.05) is 0 Å². The number of nitrogens with zero attached hydrogens (tertiary/aromatic N) is 1. The lowest BCUT2D eigenvalue weighted by atomic mass is 10.1. The third-order valence-electron chi connectivity index (χ3n) is 5.04. The Balaban J connectivity index is 1.57. The van der Waals surface area contributed by atoms with Crippen molar-refractivity contribution in [1.29, 1.82) is 0 Å². The van der Waals surface area contributed by atoms with E-state index in [9.17, 15) is 9.59 Å². The van der Waals surface area contributed by atoms with Crippen molar-refractivity contribution in [3.63, 3.8) is 0 Å². The number of hydrogen-bond donors (Lipinski definition) is 2. The van der Waals surface area contributed by atoms with Crippen molar-refractivity contribution >= 4 is 46.0 Å². The maximum atomic E-state index is 13.0. The number of para-hydroxylation sites is 1. The van der Waals surface area contributed by atoms with Crippen LogP contribution in [0.3, 0.4) is 0 Å². The maximum absolute atomic E-state index is 13.0. The number of carbonyl (C=O) groups is 2. The monoisotopic (exact) mass is 452 g/mol. The first-order valence-corrected chi connectivity index (χ1v) is 10.3. The van der Waals surface area contributed by atoms with Crippen LogP contribution in [0.4, 0.5) is 0 Å². The SMILES string of the molecule is O=C(O)c1ccc(CNC(=O)c2cccc3ccn(Cc4ccc(Cl)cc4)c23)c(Cl)c1. The quantitative estimate of drug-likeness (QED) is 0.398. The number of carboxylic acid groups (broad SMARTS) is 1. The van der Waals surface area contributed by atoms with Crippen LogP contribution in [0.5, 0.6) is 0 Å². The van der Waals surface area contributed by atoms with Crippen LogP contribution in [0.15, 0.2) is 72.9 Å². The van der Waals surface area contributed by atoms with Gasteiger partial charge in [0.2, 0.25) is 0 Å². The van der Waals surface area contributed by atoms with Crippen LogP contribution in [-0.2, 0) is 13.1 Å². The van der Waals surface area contributed by atoms with Gasteiger partial charge in [0.15, 0.2) is 0 Å². The van der Waals surface area contributed by atoms with E-state index in [0.29, 0.717) is 27.7 Å². The predicted octanol–water partition coefficient (Wildman–Crippen LogP) is 5.62. The van der Waals surface area contributed by atoms with Crippen LogP contribution < -0.4 is 5.32 Å². The Bertz CT molecular complexity index is 1280. The number of nitrogens with one attached hydrogen (secondary N) is 1. The van der Waals surface area contributed by atoms with Crippen LogP contribution >= 0.6 is 23.2 Å². The van der Waals surface area contributed by atoms with E-state index in [2.05, 4.69) is 5.32 Å². The third kappa shape index (κ3) is 4.58. The van der Waals surface area contributed by atoms with E-state index < -0.39 is 5.97 Å². The van der Waals surface area contributed by atoms with Crippen LogP contribution in [0, 0.1) is 0 Å². The summed E-state index contributed by atoms with van der Waals surface area (Å²) in [7, 11) is 0. The van der Waals surface area contributed by atoms with Gasteiger partial charge < -0.3 is 15.0 Å². The number of hydrogen-bond acceptors (Lipinski definition) is 2. The molecule has 0 aliphatic rings. The highest BCUT2D eigenvalue weighted by Gasteiger charge is 2.15. The van der Waals surface area contributed by atoms with E-state index in [0.717, 1.165) is 16.5 Å². The molecule has 1 aromatic heterocycles. The average molecular weight is 453 g/mol. The van der Waals surface area contributed by atoms with Gasteiger partial charge in [-0.15, -0.1) is 0 Å². The molecule has 4 aromatic rings. The lowest BCUT2D eigenvalue weighted by molar-refractivity contribution is 0.0696. The zero-order valence-corrected chi connectivity index (χ0v) is 17.8. The molecule has 0 spiro atoms. The van der Waals surface area contributed by atoms with Crippen molar-refractivity contribution in [2.45, 2.75) is 13.1 Å². The van der Waals surface area contributed by atoms with Crippen LogP contribution in [0.25, 0.3) is 10.9 Å². The Morgan fingerprint density at radius 3 is 2.45 bits per heavy atom. The standard InChI is InChI=1S/C24H18Cl2N2O3/c25-19-8-4-15(5-9-19)14-28-11-10-16-2-1-3-20(22(16)28)23(29)27-13-18-7-6-17(24(30)31)12-21(18)26/h1-12H,13-14H2,(H,27,29)(H,30,31). The van der Waals surface area contributed by atoms with Crippen molar-refractivity contribution in [3.05, 3.63) is 105 Å². The van der Waals surface area contributed by atoms with Gasteiger partial charge in [-0.2, -0.15) is 0 Å². The number of carboxylic acids is 1. The molecule has 0 aliphatic heterocycles. The fraction of sp³-hybridized carbons (Fsp3) is 0.0833. The molecule has 0 bridgehead atoms. The molecular weight excluding hydrogens is 435 g/mol. The number of fused-ring (bicyclic) bond motifs is 1. The molecule has 0 unspecified atom stereocenters. The fourth-order valence-electron chi connectivity index (χ4n) is 3.46. The van der Waals surface area contributed by atoms with Crippen molar-refractivity contribution in [1.82, 2.24) is 9.88 Å². The number of amides is 1. The van der Waals surface area contributed by atoms with Gasteiger partial charge in [-0.25, -0.2) is 4.79 Å². The van der Waals surface area contributed by atoms with Gasteiger partial charge in [-0.3, -0.25) is 4.79 Å². The highest BCUT2D eigenvalue weighted by atomic mass is 35.5. The van der Waals surface area contributed by atoms with Gasteiger partial charge in [-0.1, -0.05) is 53.5 Å². The summed E-state index contributed by atoms with van der Waals surface area (Å²) in [4.78, 5) is 24.0. The highest BCUT2D eigenvalue weighted by molar-refractivity contribution is 6.31. The van der Waals surface area contributed by atoms with Crippen molar-refractivity contribution in [2.24, 2.45) is 0 Å². The number of halogens is 2. The first-order chi connectivity index (χ1) is 14.9. The Morgan fingerprint density at radius 2 is 1.74 bits per heavy atom. The average Bonchev–Trinajstić information content (AvgIpc) is 3.17. The van der Waals surface area contributed by atoms with Crippen molar-refractivity contribution in [3.8, 4) is 0 Å². The fourth-order valence-corrected chi connectivity index (χ4v) is 3.83.